The average Bonchev–Trinajstić information content (AvgIpc) is 3.32. The molecule has 0 spiro atoms. The second-order valence-corrected chi connectivity index (χ2v) is 16.9. The van der Waals surface area contributed by atoms with Gasteiger partial charge in [-0.1, -0.05) is 66.7 Å². The number of nitriles is 1. The molecule has 0 radical (unpaired) electrons. The molecule has 2 unspecified atom stereocenters. The van der Waals surface area contributed by atoms with Crippen LogP contribution >= 0.6 is 0 Å². The van der Waals surface area contributed by atoms with Crippen molar-refractivity contribution >= 4 is 17.5 Å². The minimum Gasteiger partial charge on any atom is -0.374 e. The van der Waals surface area contributed by atoms with E-state index in [0.29, 0.717) is 53.8 Å². The molecular formula is C50H49FN10O3. The van der Waals surface area contributed by atoms with Gasteiger partial charge in [-0.05, 0) is 85.8 Å². The monoisotopic (exact) mass is 856 g/mol. The van der Waals surface area contributed by atoms with Crippen molar-refractivity contribution in [3.63, 3.8) is 0 Å². The maximum Gasteiger partial charge on any atom is 0.267 e. The maximum atomic E-state index is 15.6. The second kappa shape index (κ2) is 19.2. The van der Waals surface area contributed by atoms with E-state index in [2.05, 4.69) is 66.2 Å². The molecular weight excluding hydrogens is 808 g/mol. The molecule has 3 aliphatic heterocycles. The number of rotatable bonds is 12. The third kappa shape index (κ3) is 9.97. The summed E-state index contributed by atoms with van der Waals surface area (Å²) < 4.78 is 17.1. The first-order chi connectivity index (χ1) is 31.2. The van der Waals surface area contributed by atoms with Crippen LogP contribution in [0, 0.1) is 23.1 Å². The number of likely N-dealkylation sites (tertiary alicyclic amines) is 1. The Morgan fingerprint density at radius 2 is 1.58 bits per heavy atom. The number of carbonyl (C=O) groups is 2. The number of carbonyl (C=O) groups excluding carboxylic acids is 2. The number of hydrogen-bond acceptors (Lipinski definition) is 11. The molecule has 4 aromatic carbocycles. The molecule has 13 nitrogen and oxygen atoms in total. The molecule has 14 heteroatoms. The van der Waals surface area contributed by atoms with Crippen molar-refractivity contribution in [1.29, 1.82) is 5.26 Å². The number of amides is 2. The zero-order valence-electron chi connectivity index (χ0n) is 35.4. The summed E-state index contributed by atoms with van der Waals surface area (Å²) in [6, 6.07) is 35.3. The van der Waals surface area contributed by atoms with Crippen molar-refractivity contribution in [3.8, 4) is 40.0 Å². The molecule has 2 amide bonds. The Balaban J connectivity index is 0.769. The number of nitrogens with zero attached hydrogens (tertiary/aromatic N) is 7. The topological polar surface area (TPSA) is 161 Å². The number of aromatic nitrogens is 4. The van der Waals surface area contributed by atoms with Gasteiger partial charge in [-0.15, -0.1) is 0 Å². The van der Waals surface area contributed by atoms with Crippen molar-refractivity contribution in [2.45, 2.75) is 50.9 Å². The zero-order valence-corrected chi connectivity index (χ0v) is 35.4. The highest BCUT2D eigenvalue weighted by Crippen LogP contribution is 2.31. The van der Waals surface area contributed by atoms with Crippen LogP contribution in [0.15, 0.2) is 120 Å². The van der Waals surface area contributed by atoms with Crippen molar-refractivity contribution in [2.24, 2.45) is 5.92 Å². The Morgan fingerprint density at radius 3 is 2.34 bits per heavy atom. The molecule has 3 fully saturated rings. The van der Waals surface area contributed by atoms with E-state index >= 15 is 4.39 Å². The molecule has 3 saturated heterocycles. The third-order valence-electron chi connectivity index (χ3n) is 12.5. The number of hydrogen-bond donors (Lipinski definition) is 3. The lowest BCUT2D eigenvalue weighted by Gasteiger charge is -2.41. The standard InChI is InChI=1S/C50H49FN10O3/c51-42-27-40(55-45-14-16-47(62)57-50(45)64)12-13-41(42)46-29-53-22-25-60(46)31-35-19-23-59(24-20-35)30-33-4-8-37(9-5-33)43-18-21-54-49(56-43)38-10-6-34(7-11-38)32-61-48(63)17-15-44(58-61)39-3-1-2-36(26-39)28-52/h1-13,15,17-18,21,26-27,35,45-46,53,55H,14,16,19-20,22-25,29-32H2,(H,57,62,64). The smallest absolute Gasteiger partial charge is 0.267 e. The molecule has 0 bridgehead atoms. The highest BCUT2D eigenvalue weighted by Gasteiger charge is 2.31. The quantitative estimate of drug-likeness (QED) is 0.121. The van der Waals surface area contributed by atoms with Gasteiger partial charge in [0.15, 0.2) is 5.82 Å². The fourth-order valence-electron chi connectivity index (χ4n) is 8.94. The molecule has 3 aliphatic rings. The van der Waals surface area contributed by atoms with Gasteiger partial charge in [0.05, 0.1) is 35.6 Å². The van der Waals surface area contributed by atoms with Crippen LogP contribution in [-0.2, 0) is 22.7 Å². The summed E-state index contributed by atoms with van der Waals surface area (Å²) in [7, 11) is 0. The van der Waals surface area contributed by atoms with Crippen molar-refractivity contribution in [3.05, 3.63) is 154 Å². The first-order valence-corrected chi connectivity index (χ1v) is 21.9. The van der Waals surface area contributed by atoms with Crippen molar-refractivity contribution in [2.75, 3.05) is 44.6 Å². The molecule has 0 aliphatic carbocycles. The molecule has 2 aromatic heterocycles. The number of imide groups is 1. The predicted octanol–water partition coefficient (Wildman–Crippen LogP) is 6.17. The van der Waals surface area contributed by atoms with Crippen LogP contribution in [0.5, 0.6) is 0 Å². The minimum atomic E-state index is -0.558. The van der Waals surface area contributed by atoms with E-state index in [1.807, 2.05) is 48.5 Å². The summed E-state index contributed by atoms with van der Waals surface area (Å²) >= 11 is 0. The molecule has 2 atom stereocenters. The van der Waals surface area contributed by atoms with Crippen LogP contribution in [0.25, 0.3) is 33.9 Å². The fraction of sp³-hybridized carbons (Fsp3) is 0.300. The van der Waals surface area contributed by atoms with Gasteiger partial charge in [0.1, 0.15) is 11.9 Å². The second-order valence-electron chi connectivity index (χ2n) is 16.9. The van der Waals surface area contributed by atoms with Crippen LogP contribution in [0.1, 0.15) is 54.0 Å². The van der Waals surface area contributed by atoms with E-state index in [1.54, 1.807) is 30.5 Å². The van der Waals surface area contributed by atoms with Crippen LogP contribution in [-0.4, -0.2) is 86.7 Å². The van der Waals surface area contributed by atoms with E-state index in [0.717, 1.165) is 80.1 Å². The highest BCUT2D eigenvalue weighted by atomic mass is 19.1. The van der Waals surface area contributed by atoms with Gasteiger partial charge in [-0.3, -0.25) is 29.5 Å². The Morgan fingerprint density at radius 1 is 0.797 bits per heavy atom. The number of piperidine rings is 2. The van der Waals surface area contributed by atoms with E-state index in [4.69, 9.17) is 4.98 Å². The molecule has 324 valence electrons. The summed E-state index contributed by atoms with van der Waals surface area (Å²) in [5, 5.41) is 22.8. The maximum absolute atomic E-state index is 15.6. The van der Waals surface area contributed by atoms with Crippen molar-refractivity contribution < 1.29 is 14.0 Å². The number of benzene rings is 4. The molecule has 0 saturated carbocycles. The van der Waals surface area contributed by atoms with E-state index in [1.165, 1.54) is 22.4 Å². The van der Waals surface area contributed by atoms with Crippen LogP contribution in [0.4, 0.5) is 10.1 Å². The van der Waals surface area contributed by atoms with Gasteiger partial charge >= 0.3 is 0 Å². The Bertz CT molecular complexity index is 2750. The van der Waals surface area contributed by atoms with E-state index in [-0.39, 0.29) is 35.7 Å². The SMILES string of the molecule is N#Cc1cccc(-c2ccc(=O)n(Cc3ccc(-c4nccc(-c5ccc(CN6CCC(CN7CCNCC7c7ccc(NC8CCC(=O)NC8=O)cc7F)CC6)cc5)n4)cc3)n2)c1. The summed E-state index contributed by atoms with van der Waals surface area (Å²) in [5.41, 5.74) is 7.76. The molecule has 9 rings (SSSR count). The first kappa shape index (κ1) is 42.4. The summed E-state index contributed by atoms with van der Waals surface area (Å²) in [6.07, 6.45) is 4.59. The zero-order chi connectivity index (χ0) is 44.0. The molecule has 64 heavy (non-hydrogen) atoms. The predicted molar refractivity (Wildman–Crippen MR) is 242 cm³/mol. The van der Waals surface area contributed by atoms with Crippen LogP contribution in [0.3, 0.4) is 0 Å². The summed E-state index contributed by atoms with van der Waals surface area (Å²) in [4.78, 5) is 50.8. The number of nitrogens with one attached hydrogen (secondary N) is 3. The Hall–Kier alpha value is -6.92. The summed E-state index contributed by atoms with van der Waals surface area (Å²) in [5.74, 6) is 0.190. The average molecular weight is 857 g/mol. The lowest BCUT2D eigenvalue weighted by atomic mass is 9.93. The molecule has 5 heterocycles. The van der Waals surface area contributed by atoms with Crippen LogP contribution < -0.4 is 21.5 Å². The third-order valence-corrected chi connectivity index (χ3v) is 12.5. The molecule has 3 N–H and O–H groups in total. The van der Waals surface area contributed by atoms with E-state index in [9.17, 15) is 19.6 Å². The van der Waals surface area contributed by atoms with Crippen LogP contribution in [0.2, 0.25) is 0 Å². The number of halogens is 1. The number of piperazine rings is 1. The van der Waals surface area contributed by atoms with Gasteiger partial charge < -0.3 is 10.6 Å². The normalized spacial score (nSPS) is 18.6. The summed E-state index contributed by atoms with van der Waals surface area (Å²) in [6.45, 7) is 6.49. The first-order valence-electron chi connectivity index (χ1n) is 21.9. The Kier molecular flexibility index (Phi) is 12.7. The highest BCUT2D eigenvalue weighted by molar-refractivity contribution is 6.01. The minimum absolute atomic E-state index is 0.0745. The number of anilines is 1. The van der Waals surface area contributed by atoms with Crippen molar-refractivity contribution in [1.82, 2.24) is 40.2 Å². The lowest BCUT2D eigenvalue weighted by Crippen LogP contribution is -2.49. The lowest BCUT2D eigenvalue weighted by molar-refractivity contribution is -0.133. The largest absolute Gasteiger partial charge is 0.374 e. The Labute approximate surface area is 371 Å². The van der Waals surface area contributed by atoms with Gasteiger partial charge in [0, 0.05) is 79.3 Å². The van der Waals surface area contributed by atoms with Gasteiger partial charge in [-0.25, -0.2) is 19.0 Å². The van der Waals surface area contributed by atoms with E-state index < -0.39 is 6.04 Å². The molecule has 6 aromatic rings. The van der Waals surface area contributed by atoms with Gasteiger partial charge in [-0.2, -0.15) is 10.4 Å². The fourth-order valence-corrected chi connectivity index (χ4v) is 8.94. The van der Waals surface area contributed by atoms with Gasteiger partial charge in [0.2, 0.25) is 11.8 Å². The van der Waals surface area contributed by atoms with Gasteiger partial charge in [0.25, 0.3) is 5.56 Å².